The molecular weight excluding hydrogens is 288 g/mol. The van der Waals surface area contributed by atoms with Crippen LogP contribution < -0.4 is 0 Å². The van der Waals surface area contributed by atoms with Crippen molar-refractivity contribution in [1.29, 1.82) is 5.26 Å². The van der Waals surface area contributed by atoms with Crippen LogP contribution in [0.1, 0.15) is 5.56 Å². The van der Waals surface area contributed by atoms with E-state index in [0.29, 0.717) is 5.82 Å². The third-order valence-corrected chi connectivity index (χ3v) is 4.01. The van der Waals surface area contributed by atoms with Crippen LogP contribution in [0.4, 0.5) is 0 Å². The Bertz CT molecular complexity index is 969. The van der Waals surface area contributed by atoms with Gasteiger partial charge >= 0.3 is 0 Å². The summed E-state index contributed by atoms with van der Waals surface area (Å²) < 4.78 is 25.4. The lowest BCUT2D eigenvalue weighted by molar-refractivity contribution is 0.597. The number of sulfone groups is 1. The molecule has 0 aliphatic heterocycles. The Morgan fingerprint density at radius 1 is 1.24 bits per heavy atom. The number of hydrogen-bond donors (Lipinski definition) is 0. The number of hydrogen-bond acceptors (Lipinski definition) is 5. The maximum Gasteiger partial charge on any atom is 0.194 e. The van der Waals surface area contributed by atoms with Gasteiger partial charge in [-0.25, -0.2) is 18.4 Å². The molecule has 0 bridgehead atoms. The molecule has 0 unspecified atom stereocenters. The predicted molar refractivity (Wildman–Crippen MR) is 76.2 cm³/mol. The summed E-state index contributed by atoms with van der Waals surface area (Å²) in [4.78, 5) is 8.28. The van der Waals surface area contributed by atoms with Gasteiger partial charge in [-0.2, -0.15) is 5.26 Å². The highest BCUT2D eigenvalue weighted by Crippen LogP contribution is 2.24. The van der Waals surface area contributed by atoms with Crippen LogP contribution in [0.3, 0.4) is 0 Å². The minimum Gasteiger partial charge on any atom is -0.283 e. The van der Waals surface area contributed by atoms with E-state index >= 15 is 0 Å². The van der Waals surface area contributed by atoms with E-state index in [0.717, 1.165) is 11.8 Å². The van der Waals surface area contributed by atoms with Crippen molar-refractivity contribution >= 4 is 15.5 Å². The Labute approximate surface area is 121 Å². The third-order valence-electron chi connectivity index (χ3n) is 3.01. The Kier molecular flexibility index (Phi) is 2.96. The summed E-state index contributed by atoms with van der Waals surface area (Å²) >= 11 is 0. The number of fused-ring (bicyclic) bond motifs is 1. The van der Waals surface area contributed by atoms with Gasteiger partial charge in [-0.05, 0) is 0 Å². The van der Waals surface area contributed by atoms with Gasteiger partial charge < -0.3 is 0 Å². The van der Waals surface area contributed by atoms with Crippen molar-refractivity contribution in [3.63, 3.8) is 0 Å². The summed E-state index contributed by atoms with van der Waals surface area (Å²) in [6, 6.07) is 11.0. The summed E-state index contributed by atoms with van der Waals surface area (Å²) in [6.07, 6.45) is 4.19. The van der Waals surface area contributed by atoms with Gasteiger partial charge in [-0.15, -0.1) is 0 Å². The van der Waals surface area contributed by atoms with E-state index < -0.39 is 9.84 Å². The summed E-state index contributed by atoms with van der Waals surface area (Å²) in [5.41, 5.74) is 0.990. The lowest BCUT2D eigenvalue weighted by atomic mass is 10.2. The largest absolute Gasteiger partial charge is 0.283 e. The standard InChI is InChI=1S/C14H10N4O2S/c1-21(19,20)14-11(9-15)13-16-7-8-18(13)12(17-14)10-5-3-2-4-6-10/h2-8H,1H3. The van der Waals surface area contributed by atoms with Gasteiger partial charge in [-0.3, -0.25) is 4.40 Å². The molecule has 0 amide bonds. The van der Waals surface area contributed by atoms with E-state index in [1.165, 1.54) is 6.20 Å². The van der Waals surface area contributed by atoms with Crippen molar-refractivity contribution in [1.82, 2.24) is 14.4 Å². The SMILES string of the molecule is CS(=O)(=O)c1nc(-c2ccccc2)n2ccnc2c1C#N. The van der Waals surface area contributed by atoms with E-state index in [2.05, 4.69) is 9.97 Å². The second kappa shape index (κ2) is 4.68. The fourth-order valence-corrected chi connectivity index (χ4v) is 2.88. The van der Waals surface area contributed by atoms with Crippen LogP contribution in [-0.4, -0.2) is 29.0 Å². The first kappa shape index (κ1) is 13.3. The molecule has 7 heteroatoms. The molecule has 0 spiro atoms. The minimum atomic E-state index is -3.63. The van der Waals surface area contributed by atoms with Gasteiger partial charge in [-0.1, -0.05) is 30.3 Å². The molecule has 0 radical (unpaired) electrons. The second-order valence-electron chi connectivity index (χ2n) is 4.49. The molecular formula is C14H10N4O2S. The summed E-state index contributed by atoms with van der Waals surface area (Å²) in [6.45, 7) is 0. The molecule has 0 aliphatic rings. The molecule has 0 fully saturated rings. The highest BCUT2D eigenvalue weighted by Gasteiger charge is 2.22. The van der Waals surface area contributed by atoms with Gasteiger partial charge in [0.05, 0.1) is 0 Å². The topological polar surface area (TPSA) is 88.1 Å². The predicted octanol–water partition coefficient (Wildman–Crippen LogP) is 1.67. The van der Waals surface area contributed by atoms with E-state index in [1.54, 1.807) is 10.6 Å². The first-order chi connectivity index (χ1) is 10.0. The van der Waals surface area contributed by atoms with Crippen LogP contribution in [0, 0.1) is 11.3 Å². The molecule has 0 N–H and O–H groups in total. The average Bonchev–Trinajstić information content (AvgIpc) is 2.94. The molecule has 104 valence electrons. The van der Waals surface area contributed by atoms with Gasteiger partial charge in [0.15, 0.2) is 20.5 Å². The smallest absolute Gasteiger partial charge is 0.194 e. The van der Waals surface area contributed by atoms with Crippen molar-refractivity contribution in [3.8, 4) is 17.5 Å². The van der Waals surface area contributed by atoms with E-state index in [9.17, 15) is 13.7 Å². The Morgan fingerprint density at radius 3 is 2.57 bits per heavy atom. The van der Waals surface area contributed by atoms with Gasteiger partial charge in [0.1, 0.15) is 17.5 Å². The van der Waals surface area contributed by atoms with Crippen molar-refractivity contribution in [3.05, 3.63) is 48.3 Å². The van der Waals surface area contributed by atoms with Gasteiger partial charge in [0, 0.05) is 24.2 Å². The number of aromatic nitrogens is 3. The second-order valence-corrected chi connectivity index (χ2v) is 6.42. The zero-order chi connectivity index (χ0) is 15.0. The average molecular weight is 298 g/mol. The number of nitriles is 1. The summed E-state index contributed by atoms with van der Waals surface area (Å²) in [5, 5.41) is 9.00. The number of imidazole rings is 1. The van der Waals surface area contributed by atoms with Crippen LogP contribution in [0.5, 0.6) is 0 Å². The molecule has 0 saturated carbocycles. The molecule has 6 nitrogen and oxygen atoms in total. The first-order valence-electron chi connectivity index (χ1n) is 6.05. The molecule has 0 aliphatic carbocycles. The van der Waals surface area contributed by atoms with Gasteiger partial charge in [0.2, 0.25) is 0 Å². The highest BCUT2D eigenvalue weighted by atomic mass is 32.2. The Morgan fingerprint density at radius 2 is 1.95 bits per heavy atom. The molecule has 1 aromatic carbocycles. The number of benzene rings is 1. The number of nitrogens with zero attached hydrogens (tertiary/aromatic N) is 4. The monoisotopic (exact) mass is 298 g/mol. The summed E-state index contributed by atoms with van der Waals surface area (Å²) in [7, 11) is -3.63. The molecule has 3 aromatic rings. The van der Waals surface area contributed by atoms with Gasteiger partial charge in [0.25, 0.3) is 0 Å². The fourth-order valence-electron chi connectivity index (χ4n) is 2.12. The molecule has 3 rings (SSSR count). The van der Waals surface area contributed by atoms with E-state index in [1.807, 2.05) is 36.4 Å². The molecule has 0 atom stereocenters. The zero-order valence-corrected chi connectivity index (χ0v) is 11.9. The lowest BCUT2D eigenvalue weighted by Gasteiger charge is -2.09. The third kappa shape index (κ3) is 2.15. The van der Waals surface area contributed by atoms with Crippen LogP contribution in [0.2, 0.25) is 0 Å². The van der Waals surface area contributed by atoms with E-state index in [4.69, 9.17) is 0 Å². The van der Waals surface area contributed by atoms with Crippen molar-refractivity contribution in [2.24, 2.45) is 0 Å². The summed E-state index contributed by atoms with van der Waals surface area (Å²) in [5.74, 6) is 0.433. The Hall–Kier alpha value is -2.72. The first-order valence-corrected chi connectivity index (χ1v) is 7.94. The van der Waals surface area contributed by atoms with E-state index in [-0.39, 0.29) is 16.2 Å². The normalized spacial score (nSPS) is 11.4. The zero-order valence-electron chi connectivity index (χ0n) is 11.1. The molecule has 0 saturated heterocycles. The van der Waals surface area contributed by atoms with Crippen molar-refractivity contribution in [2.75, 3.05) is 6.26 Å². The van der Waals surface area contributed by atoms with Crippen LogP contribution in [0.25, 0.3) is 17.0 Å². The number of rotatable bonds is 2. The molecule has 2 aromatic heterocycles. The Balaban J connectivity index is 2.48. The molecule has 2 heterocycles. The fraction of sp³-hybridized carbons (Fsp3) is 0.0714. The van der Waals surface area contributed by atoms with Crippen molar-refractivity contribution < 1.29 is 8.42 Å². The van der Waals surface area contributed by atoms with Crippen LogP contribution in [0.15, 0.2) is 47.8 Å². The highest BCUT2D eigenvalue weighted by molar-refractivity contribution is 7.90. The van der Waals surface area contributed by atoms with Crippen LogP contribution >= 0.6 is 0 Å². The lowest BCUT2D eigenvalue weighted by Crippen LogP contribution is -2.09. The minimum absolute atomic E-state index is 0.0396. The maximum atomic E-state index is 11.9. The quantitative estimate of drug-likeness (QED) is 0.671. The molecule has 21 heavy (non-hydrogen) atoms. The maximum absolute atomic E-state index is 11.9. The van der Waals surface area contributed by atoms with Crippen LogP contribution in [-0.2, 0) is 9.84 Å². The van der Waals surface area contributed by atoms with Crippen molar-refractivity contribution in [2.45, 2.75) is 5.03 Å².